The number of aromatic nitrogens is 1. The first-order chi connectivity index (χ1) is 13.1. The quantitative estimate of drug-likeness (QED) is 0.763. The van der Waals surface area contributed by atoms with Crippen LogP contribution in [0.5, 0.6) is 11.5 Å². The Kier molecular flexibility index (Phi) is 4.50. The zero-order valence-electron chi connectivity index (χ0n) is 15.3. The van der Waals surface area contributed by atoms with E-state index in [-0.39, 0.29) is 12.7 Å². The number of aryl methyl sites for hydroxylation is 1. The van der Waals surface area contributed by atoms with Crippen LogP contribution in [0.1, 0.15) is 27.0 Å². The number of benzene rings is 2. The number of nitrogens with zero attached hydrogens (tertiary/aromatic N) is 1. The molecule has 0 radical (unpaired) electrons. The number of hydrogen-bond acceptors (Lipinski definition) is 4. The molecule has 1 N–H and O–H groups in total. The molecule has 2 aromatic carbocycles. The molecule has 0 aliphatic carbocycles. The van der Waals surface area contributed by atoms with Gasteiger partial charge in [0.2, 0.25) is 6.79 Å². The number of hydrogen-bond donors (Lipinski definition) is 1. The van der Waals surface area contributed by atoms with Crippen molar-refractivity contribution >= 4 is 5.91 Å². The summed E-state index contributed by atoms with van der Waals surface area (Å²) in [6.45, 7) is 4.80. The highest BCUT2D eigenvalue weighted by Gasteiger charge is 2.14. The molecule has 0 saturated heterocycles. The molecular formula is C22H20N2O3. The monoisotopic (exact) mass is 360 g/mol. The summed E-state index contributed by atoms with van der Waals surface area (Å²) in [5, 5.41) is 2.94. The summed E-state index contributed by atoms with van der Waals surface area (Å²) in [4.78, 5) is 16.8. The van der Waals surface area contributed by atoms with E-state index in [9.17, 15) is 4.79 Å². The molecule has 2 heterocycles. The van der Waals surface area contributed by atoms with E-state index >= 15 is 0 Å². The van der Waals surface area contributed by atoms with Gasteiger partial charge in [0, 0.05) is 24.5 Å². The van der Waals surface area contributed by atoms with Crippen LogP contribution in [-0.4, -0.2) is 17.7 Å². The fraction of sp³-hybridized carbons (Fsp3) is 0.182. The van der Waals surface area contributed by atoms with Crippen molar-refractivity contribution in [3.63, 3.8) is 0 Å². The molecular weight excluding hydrogens is 340 g/mol. The van der Waals surface area contributed by atoms with Crippen molar-refractivity contribution in [2.45, 2.75) is 20.4 Å². The Labute approximate surface area is 158 Å². The normalized spacial score (nSPS) is 12.1. The first kappa shape index (κ1) is 17.1. The van der Waals surface area contributed by atoms with Gasteiger partial charge in [-0.2, -0.15) is 0 Å². The van der Waals surface area contributed by atoms with Crippen molar-refractivity contribution in [1.29, 1.82) is 0 Å². The predicted octanol–water partition coefficient (Wildman–Crippen LogP) is 4.02. The third-order valence-electron chi connectivity index (χ3n) is 4.81. The summed E-state index contributed by atoms with van der Waals surface area (Å²) in [6, 6.07) is 13.7. The maximum atomic E-state index is 12.6. The van der Waals surface area contributed by atoms with Crippen LogP contribution in [0.15, 0.2) is 54.9 Å². The number of amides is 1. The largest absolute Gasteiger partial charge is 0.454 e. The van der Waals surface area contributed by atoms with Crippen molar-refractivity contribution in [2.75, 3.05) is 6.79 Å². The molecule has 4 rings (SSSR count). The molecule has 0 spiro atoms. The van der Waals surface area contributed by atoms with Crippen LogP contribution in [0.2, 0.25) is 0 Å². The van der Waals surface area contributed by atoms with Gasteiger partial charge in [-0.3, -0.25) is 9.78 Å². The van der Waals surface area contributed by atoms with E-state index in [1.54, 1.807) is 12.4 Å². The van der Waals surface area contributed by atoms with Crippen LogP contribution < -0.4 is 14.8 Å². The molecule has 0 bridgehead atoms. The van der Waals surface area contributed by atoms with Gasteiger partial charge in [0.15, 0.2) is 11.5 Å². The number of carbonyl (C=O) groups excluding carboxylic acids is 1. The molecule has 27 heavy (non-hydrogen) atoms. The Morgan fingerprint density at radius 1 is 1.07 bits per heavy atom. The highest BCUT2D eigenvalue weighted by Crippen LogP contribution is 2.32. The zero-order chi connectivity index (χ0) is 18.8. The lowest BCUT2D eigenvalue weighted by Crippen LogP contribution is -2.23. The lowest BCUT2D eigenvalue weighted by atomic mass is 9.97. The molecule has 0 unspecified atom stereocenters. The fourth-order valence-corrected chi connectivity index (χ4v) is 3.11. The van der Waals surface area contributed by atoms with Crippen LogP contribution >= 0.6 is 0 Å². The molecule has 1 aliphatic heterocycles. The van der Waals surface area contributed by atoms with Gasteiger partial charge in [0.05, 0.1) is 5.56 Å². The predicted molar refractivity (Wildman–Crippen MR) is 103 cm³/mol. The summed E-state index contributed by atoms with van der Waals surface area (Å²) in [5.74, 6) is 1.28. The van der Waals surface area contributed by atoms with E-state index < -0.39 is 0 Å². The smallest absolute Gasteiger partial charge is 0.253 e. The van der Waals surface area contributed by atoms with Gasteiger partial charge in [-0.25, -0.2) is 0 Å². The van der Waals surface area contributed by atoms with Crippen molar-refractivity contribution < 1.29 is 14.3 Å². The molecule has 1 amide bonds. The minimum atomic E-state index is -0.160. The second-order valence-electron chi connectivity index (χ2n) is 6.58. The number of pyridine rings is 1. The Balaban J connectivity index is 1.50. The van der Waals surface area contributed by atoms with E-state index in [4.69, 9.17) is 9.47 Å². The standard InChI is InChI=1S/C22H20N2O3/c1-14-4-3-5-19(15(14)2)17-9-18(12-23-11-17)22(25)24-10-16-6-7-20-21(8-16)27-13-26-20/h3-9,11-12H,10,13H2,1-2H3,(H,24,25). The highest BCUT2D eigenvalue weighted by molar-refractivity contribution is 5.95. The van der Waals surface area contributed by atoms with E-state index in [2.05, 4.69) is 30.2 Å². The van der Waals surface area contributed by atoms with E-state index in [0.29, 0.717) is 17.9 Å². The number of ether oxygens (including phenoxy) is 2. The summed E-state index contributed by atoms with van der Waals surface area (Å²) in [5.41, 5.74) is 5.92. The number of nitrogens with one attached hydrogen (secondary N) is 1. The van der Waals surface area contributed by atoms with E-state index in [0.717, 1.165) is 22.4 Å². The SMILES string of the molecule is Cc1cccc(-c2cncc(C(=O)NCc3ccc4c(c3)OCO4)c2)c1C. The average Bonchev–Trinajstić information content (AvgIpc) is 3.16. The lowest BCUT2D eigenvalue weighted by molar-refractivity contribution is 0.0950. The Bertz CT molecular complexity index is 1010. The molecule has 3 aromatic rings. The summed E-state index contributed by atoms with van der Waals surface area (Å²) >= 11 is 0. The summed E-state index contributed by atoms with van der Waals surface area (Å²) in [7, 11) is 0. The first-order valence-electron chi connectivity index (χ1n) is 8.80. The maximum Gasteiger partial charge on any atom is 0.253 e. The average molecular weight is 360 g/mol. The molecule has 0 fully saturated rings. The first-order valence-corrected chi connectivity index (χ1v) is 8.80. The van der Waals surface area contributed by atoms with Gasteiger partial charge in [-0.1, -0.05) is 24.3 Å². The third kappa shape index (κ3) is 3.49. The number of rotatable bonds is 4. The van der Waals surface area contributed by atoms with Gasteiger partial charge in [0.1, 0.15) is 0 Å². The molecule has 0 saturated carbocycles. The highest BCUT2D eigenvalue weighted by atomic mass is 16.7. The molecule has 0 atom stereocenters. The lowest BCUT2D eigenvalue weighted by Gasteiger charge is -2.10. The Hall–Kier alpha value is -3.34. The van der Waals surface area contributed by atoms with Crippen molar-refractivity contribution in [3.8, 4) is 22.6 Å². The van der Waals surface area contributed by atoms with Crippen LogP contribution in [0.25, 0.3) is 11.1 Å². The second kappa shape index (κ2) is 7.11. The van der Waals surface area contributed by atoms with Crippen molar-refractivity contribution in [3.05, 3.63) is 77.1 Å². The minimum Gasteiger partial charge on any atom is -0.454 e. The third-order valence-corrected chi connectivity index (χ3v) is 4.81. The Morgan fingerprint density at radius 3 is 2.81 bits per heavy atom. The number of fused-ring (bicyclic) bond motifs is 1. The van der Waals surface area contributed by atoms with Gasteiger partial charge >= 0.3 is 0 Å². The summed E-state index contributed by atoms with van der Waals surface area (Å²) in [6.07, 6.45) is 3.37. The molecule has 136 valence electrons. The topological polar surface area (TPSA) is 60.5 Å². The molecule has 1 aliphatic rings. The Morgan fingerprint density at radius 2 is 1.93 bits per heavy atom. The van der Waals surface area contributed by atoms with Crippen LogP contribution in [-0.2, 0) is 6.54 Å². The van der Waals surface area contributed by atoms with Crippen LogP contribution in [0.3, 0.4) is 0 Å². The fourth-order valence-electron chi connectivity index (χ4n) is 3.11. The second-order valence-corrected chi connectivity index (χ2v) is 6.58. The van der Waals surface area contributed by atoms with Crippen LogP contribution in [0.4, 0.5) is 0 Å². The van der Waals surface area contributed by atoms with Gasteiger partial charge in [0.25, 0.3) is 5.91 Å². The number of carbonyl (C=O) groups is 1. The van der Waals surface area contributed by atoms with Gasteiger partial charge < -0.3 is 14.8 Å². The molecule has 5 nitrogen and oxygen atoms in total. The zero-order valence-corrected chi connectivity index (χ0v) is 15.3. The van der Waals surface area contributed by atoms with Gasteiger partial charge in [-0.05, 0) is 54.3 Å². The van der Waals surface area contributed by atoms with Crippen molar-refractivity contribution in [2.24, 2.45) is 0 Å². The van der Waals surface area contributed by atoms with E-state index in [1.165, 1.54) is 11.1 Å². The van der Waals surface area contributed by atoms with E-state index in [1.807, 2.05) is 36.4 Å². The minimum absolute atomic E-state index is 0.160. The maximum absolute atomic E-state index is 12.6. The molecule has 1 aromatic heterocycles. The van der Waals surface area contributed by atoms with Crippen molar-refractivity contribution in [1.82, 2.24) is 10.3 Å². The molecule has 5 heteroatoms. The van der Waals surface area contributed by atoms with Gasteiger partial charge in [-0.15, -0.1) is 0 Å². The van der Waals surface area contributed by atoms with Crippen LogP contribution in [0, 0.1) is 13.8 Å². The summed E-state index contributed by atoms with van der Waals surface area (Å²) < 4.78 is 10.7.